The van der Waals surface area contributed by atoms with Crippen LogP contribution in [0, 0.1) is 0 Å². The third kappa shape index (κ3) is 15.6. The second-order valence-corrected chi connectivity index (χ2v) is 6.46. The quantitative estimate of drug-likeness (QED) is 0.257. The maximum Gasteiger partial charge on any atom is 0.330 e. The number of hydrogen-bond acceptors (Lipinski definition) is 4. The summed E-state index contributed by atoms with van der Waals surface area (Å²) in [7, 11) is 2.71. The molecule has 0 saturated carbocycles. The first kappa shape index (κ1) is 26.6. The second kappa shape index (κ2) is 16.5. The summed E-state index contributed by atoms with van der Waals surface area (Å²) >= 11 is 0. The minimum Gasteiger partial charge on any atom is -0.466 e. The maximum atomic E-state index is 11.0. The Morgan fingerprint density at radius 3 is 1.10 bits per heavy atom. The lowest BCUT2D eigenvalue weighted by atomic mass is 10.2. The summed E-state index contributed by atoms with van der Waals surface area (Å²) in [6.07, 6.45) is 25.9. The normalized spacial score (nSPS) is 14.7. The average Bonchev–Trinajstić information content (AvgIpc) is 2.73. The summed E-state index contributed by atoms with van der Waals surface area (Å²) < 4.78 is 9.10. The van der Waals surface area contributed by atoms with Crippen LogP contribution in [0.4, 0.5) is 0 Å². The van der Waals surface area contributed by atoms with Gasteiger partial charge in [0.15, 0.2) is 0 Å². The summed E-state index contributed by atoms with van der Waals surface area (Å²) in [5.74, 6) is -0.736. The van der Waals surface area contributed by atoms with E-state index in [-0.39, 0.29) is 11.9 Å². The molecule has 30 heavy (non-hydrogen) atoms. The van der Waals surface area contributed by atoms with Crippen molar-refractivity contribution in [3.05, 3.63) is 107 Å². The highest BCUT2D eigenvalue weighted by molar-refractivity contribution is 5.82. The lowest BCUT2D eigenvalue weighted by molar-refractivity contribution is -0.135. The molecule has 0 aromatic rings. The third-order valence-corrected chi connectivity index (χ3v) is 3.63. The van der Waals surface area contributed by atoms with Gasteiger partial charge in [-0.2, -0.15) is 0 Å². The standard InChI is InChI=1S/C26H32O4/c1-21(13-9-15-23(3)17-19-25(27)29-5)11-7-8-12-22(2)14-10-16-24(4)18-20-26(28)30-6/h7-20H,1-6H3/b8-7+,13-9+,14-10+,19-17+,20-18+,21-11+,22-12+,23-15+,24-16+. The molecule has 0 aliphatic heterocycles. The molecule has 0 unspecified atom stereocenters. The fourth-order valence-corrected chi connectivity index (χ4v) is 1.88. The number of allylic oxidation sites excluding steroid dienone is 16. The van der Waals surface area contributed by atoms with E-state index in [1.165, 1.54) is 26.4 Å². The molecular weight excluding hydrogens is 376 g/mol. The lowest BCUT2D eigenvalue weighted by Crippen LogP contribution is -1.93. The maximum absolute atomic E-state index is 11.0. The van der Waals surface area contributed by atoms with E-state index in [1.54, 1.807) is 12.2 Å². The molecule has 0 rings (SSSR count). The van der Waals surface area contributed by atoms with Crippen LogP contribution in [0.1, 0.15) is 27.7 Å². The highest BCUT2D eigenvalue weighted by Gasteiger charge is 1.90. The number of ether oxygens (including phenoxy) is 2. The van der Waals surface area contributed by atoms with Gasteiger partial charge in [0, 0.05) is 12.2 Å². The minimum absolute atomic E-state index is 0.368. The van der Waals surface area contributed by atoms with Gasteiger partial charge >= 0.3 is 11.9 Å². The summed E-state index contributed by atoms with van der Waals surface area (Å²) in [5, 5.41) is 0. The molecule has 0 aromatic heterocycles. The first-order valence-corrected chi connectivity index (χ1v) is 9.52. The van der Waals surface area contributed by atoms with Crippen LogP contribution in [-0.2, 0) is 19.1 Å². The minimum atomic E-state index is -0.368. The van der Waals surface area contributed by atoms with Crippen LogP contribution in [0.2, 0.25) is 0 Å². The monoisotopic (exact) mass is 408 g/mol. The van der Waals surface area contributed by atoms with Crippen molar-refractivity contribution in [2.45, 2.75) is 27.7 Å². The predicted molar refractivity (Wildman–Crippen MR) is 125 cm³/mol. The van der Waals surface area contributed by atoms with E-state index < -0.39 is 0 Å². The highest BCUT2D eigenvalue weighted by Crippen LogP contribution is 2.02. The molecule has 4 heteroatoms. The molecule has 0 atom stereocenters. The topological polar surface area (TPSA) is 52.6 Å². The molecular formula is C26H32O4. The summed E-state index contributed by atoms with van der Waals surface area (Å²) in [6.45, 7) is 7.85. The largest absolute Gasteiger partial charge is 0.466 e. The van der Waals surface area contributed by atoms with Crippen LogP contribution >= 0.6 is 0 Å². The average molecular weight is 409 g/mol. The summed E-state index contributed by atoms with van der Waals surface area (Å²) in [6, 6.07) is 0. The van der Waals surface area contributed by atoms with Crippen LogP contribution < -0.4 is 0 Å². The zero-order valence-electron chi connectivity index (χ0n) is 18.7. The molecule has 0 heterocycles. The van der Waals surface area contributed by atoms with E-state index in [0.29, 0.717) is 0 Å². The number of rotatable bonds is 10. The van der Waals surface area contributed by atoms with Gasteiger partial charge in [-0.05, 0) is 27.7 Å². The molecule has 0 aliphatic rings. The van der Waals surface area contributed by atoms with Crippen molar-refractivity contribution >= 4 is 11.9 Å². The van der Waals surface area contributed by atoms with E-state index >= 15 is 0 Å². The number of hydrogen-bond donors (Lipinski definition) is 0. The van der Waals surface area contributed by atoms with Gasteiger partial charge in [-0.3, -0.25) is 0 Å². The molecule has 0 fully saturated rings. The van der Waals surface area contributed by atoms with E-state index in [9.17, 15) is 9.59 Å². The predicted octanol–water partition coefficient (Wildman–Crippen LogP) is 5.90. The summed E-state index contributed by atoms with van der Waals surface area (Å²) in [4.78, 5) is 22.1. The Kier molecular flexibility index (Phi) is 14.7. The van der Waals surface area contributed by atoms with Gasteiger partial charge in [0.05, 0.1) is 14.2 Å². The van der Waals surface area contributed by atoms with Gasteiger partial charge in [0.2, 0.25) is 0 Å². The first-order chi connectivity index (χ1) is 14.3. The zero-order chi connectivity index (χ0) is 22.8. The Labute approximate surface area is 180 Å². The number of esters is 2. The Morgan fingerprint density at radius 1 is 0.467 bits per heavy atom. The number of methoxy groups -OCH3 is 2. The van der Waals surface area contributed by atoms with E-state index in [4.69, 9.17) is 0 Å². The van der Waals surface area contributed by atoms with Gasteiger partial charge in [-0.15, -0.1) is 0 Å². The van der Waals surface area contributed by atoms with Crippen molar-refractivity contribution in [2.24, 2.45) is 0 Å². The number of carbonyl (C=O) groups is 2. The van der Waals surface area contributed by atoms with Crippen LogP contribution in [0.15, 0.2) is 107 Å². The van der Waals surface area contributed by atoms with Crippen LogP contribution in [0.3, 0.4) is 0 Å². The van der Waals surface area contributed by atoms with Crippen molar-refractivity contribution in [3.63, 3.8) is 0 Å². The van der Waals surface area contributed by atoms with Crippen LogP contribution in [0.5, 0.6) is 0 Å². The smallest absolute Gasteiger partial charge is 0.330 e. The van der Waals surface area contributed by atoms with Crippen molar-refractivity contribution in [1.82, 2.24) is 0 Å². The molecule has 0 spiro atoms. The van der Waals surface area contributed by atoms with Crippen molar-refractivity contribution in [1.29, 1.82) is 0 Å². The van der Waals surface area contributed by atoms with Crippen molar-refractivity contribution < 1.29 is 19.1 Å². The Morgan fingerprint density at radius 2 is 0.767 bits per heavy atom. The Bertz CT molecular complexity index is 768. The fraction of sp³-hybridized carbons (Fsp3) is 0.231. The van der Waals surface area contributed by atoms with Gasteiger partial charge in [0.25, 0.3) is 0 Å². The molecule has 160 valence electrons. The molecule has 0 radical (unpaired) electrons. The number of carbonyl (C=O) groups excluding carboxylic acids is 2. The molecule has 0 N–H and O–H groups in total. The van der Waals surface area contributed by atoms with Crippen molar-refractivity contribution in [2.75, 3.05) is 14.2 Å². The van der Waals surface area contributed by atoms with E-state index in [2.05, 4.69) is 9.47 Å². The Hall–Kier alpha value is -3.40. The third-order valence-electron chi connectivity index (χ3n) is 3.63. The molecule has 0 aliphatic carbocycles. The molecule has 0 bridgehead atoms. The highest BCUT2D eigenvalue weighted by atomic mass is 16.5. The molecule has 4 nitrogen and oxygen atoms in total. The Balaban J connectivity index is 4.68. The fourth-order valence-electron chi connectivity index (χ4n) is 1.88. The second-order valence-electron chi connectivity index (χ2n) is 6.46. The molecule has 0 amide bonds. The van der Waals surface area contributed by atoms with Crippen LogP contribution in [-0.4, -0.2) is 26.2 Å². The van der Waals surface area contributed by atoms with Gasteiger partial charge < -0.3 is 9.47 Å². The van der Waals surface area contributed by atoms with Gasteiger partial charge in [0.1, 0.15) is 0 Å². The lowest BCUT2D eigenvalue weighted by Gasteiger charge is -1.92. The SMILES string of the molecule is COC(=O)/C=C/C(C)=C/C=C/C(C)=C/C=C/C=C(C)/C=C/C=C(C)/C=C/C(=O)OC. The summed E-state index contributed by atoms with van der Waals surface area (Å²) in [5.41, 5.74) is 4.11. The van der Waals surface area contributed by atoms with Gasteiger partial charge in [-0.1, -0.05) is 95.2 Å². The van der Waals surface area contributed by atoms with E-state index in [1.807, 2.05) is 88.5 Å². The van der Waals surface area contributed by atoms with Gasteiger partial charge in [-0.25, -0.2) is 9.59 Å². The molecule has 0 saturated heterocycles. The van der Waals surface area contributed by atoms with E-state index in [0.717, 1.165) is 22.3 Å². The first-order valence-electron chi connectivity index (χ1n) is 9.52. The molecule has 0 aromatic carbocycles. The zero-order valence-corrected chi connectivity index (χ0v) is 18.7. The van der Waals surface area contributed by atoms with Crippen molar-refractivity contribution in [3.8, 4) is 0 Å². The van der Waals surface area contributed by atoms with Crippen LogP contribution in [0.25, 0.3) is 0 Å².